The van der Waals surface area contributed by atoms with Crippen LogP contribution in [0.3, 0.4) is 0 Å². The molecule has 1 aliphatic heterocycles. The first-order valence-corrected chi connectivity index (χ1v) is 8.33. The van der Waals surface area contributed by atoms with Gasteiger partial charge in [-0.05, 0) is 63.1 Å². The molecule has 3 aliphatic rings. The van der Waals surface area contributed by atoms with Gasteiger partial charge in [0.1, 0.15) is 0 Å². The summed E-state index contributed by atoms with van der Waals surface area (Å²) in [6.07, 6.45) is 10.5. The summed E-state index contributed by atoms with van der Waals surface area (Å²) in [6.45, 7) is 7.44. The lowest BCUT2D eigenvalue weighted by Crippen LogP contribution is -2.55. The van der Waals surface area contributed by atoms with E-state index < -0.39 is 0 Å². The average molecular weight is 250 g/mol. The molecule has 1 heterocycles. The zero-order valence-electron chi connectivity index (χ0n) is 12.0. The summed E-state index contributed by atoms with van der Waals surface area (Å²) >= 11 is 0. The number of nitrogens with one attached hydrogen (secondary N) is 1. The van der Waals surface area contributed by atoms with Crippen LogP contribution in [0.1, 0.15) is 51.9 Å². The van der Waals surface area contributed by atoms with E-state index in [4.69, 9.17) is 0 Å². The van der Waals surface area contributed by atoms with Gasteiger partial charge in [-0.1, -0.05) is 26.2 Å². The number of rotatable bonds is 4. The maximum absolute atomic E-state index is 3.55. The van der Waals surface area contributed by atoms with Crippen LogP contribution in [0.5, 0.6) is 0 Å². The summed E-state index contributed by atoms with van der Waals surface area (Å²) < 4.78 is 0. The molecular weight excluding hydrogens is 220 g/mol. The highest BCUT2D eigenvalue weighted by molar-refractivity contribution is 4.94. The Morgan fingerprint density at radius 3 is 2.56 bits per heavy atom. The molecule has 2 aliphatic carbocycles. The third-order valence-electron chi connectivity index (χ3n) is 5.83. The van der Waals surface area contributed by atoms with Crippen molar-refractivity contribution in [3.63, 3.8) is 0 Å². The monoisotopic (exact) mass is 250 g/mol. The van der Waals surface area contributed by atoms with Crippen LogP contribution in [0.25, 0.3) is 0 Å². The van der Waals surface area contributed by atoms with Gasteiger partial charge in [-0.3, -0.25) is 4.90 Å². The van der Waals surface area contributed by atoms with E-state index in [-0.39, 0.29) is 0 Å². The number of hydrogen-bond donors (Lipinski definition) is 1. The van der Waals surface area contributed by atoms with E-state index >= 15 is 0 Å². The SMILES string of the molecule is CCNCC1CCC1N1CCC2CCCCC2C1. The molecule has 18 heavy (non-hydrogen) atoms. The van der Waals surface area contributed by atoms with Gasteiger partial charge in [0.15, 0.2) is 0 Å². The van der Waals surface area contributed by atoms with Gasteiger partial charge in [0, 0.05) is 12.6 Å². The minimum absolute atomic E-state index is 0.923. The van der Waals surface area contributed by atoms with Crippen molar-refractivity contribution in [2.75, 3.05) is 26.2 Å². The molecule has 0 amide bonds. The van der Waals surface area contributed by atoms with Crippen molar-refractivity contribution in [1.82, 2.24) is 10.2 Å². The largest absolute Gasteiger partial charge is 0.317 e. The molecule has 2 saturated carbocycles. The molecule has 0 aromatic carbocycles. The fourth-order valence-corrected chi connectivity index (χ4v) is 4.53. The second-order valence-corrected chi connectivity index (χ2v) is 6.80. The summed E-state index contributed by atoms with van der Waals surface area (Å²) in [4.78, 5) is 2.86. The van der Waals surface area contributed by atoms with E-state index in [0.29, 0.717) is 0 Å². The Kier molecular flexibility index (Phi) is 4.25. The highest BCUT2D eigenvalue weighted by atomic mass is 15.2. The molecule has 0 aromatic heterocycles. The van der Waals surface area contributed by atoms with Crippen molar-refractivity contribution in [3.8, 4) is 0 Å². The van der Waals surface area contributed by atoms with Crippen LogP contribution in [0, 0.1) is 17.8 Å². The summed E-state index contributed by atoms with van der Waals surface area (Å²) in [5, 5.41) is 3.55. The van der Waals surface area contributed by atoms with Crippen molar-refractivity contribution in [1.29, 1.82) is 0 Å². The first-order valence-electron chi connectivity index (χ1n) is 8.33. The average Bonchev–Trinajstić information content (AvgIpc) is 2.38. The Morgan fingerprint density at radius 1 is 1.00 bits per heavy atom. The highest BCUT2D eigenvalue weighted by Crippen LogP contribution is 2.40. The molecule has 3 rings (SSSR count). The Hall–Kier alpha value is -0.0800. The number of hydrogen-bond acceptors (Lipinski definition) is 2. The van der Waals surface area contributed by atoms with E-state index in [9.17, 15) is 0 Å². The quantitative estimate of drug-likeness (QED) is 0.825. The van der Waals surface area contributed by atoms with Crippen LogP contribution in [0.4, 0.5) is 0 Å². The molecule has 0 aromatic rings. The van der Waals surface area contributed by atoms with Gasteiger partial charge in [0.05, 0.1) is 0 Å². The second kappa shape index (κ2) is 5.92. The van der Waals surface area contributed by atoms with Crippen LogP contribution in [-0.2, 0) is 0 Å². The smallest absolute Gasteiger partial charge is 0.0136 e. The standard InChI is InChI=1S/C16H30N2/c1-2-17-11-14-7-8-16(14)18-10-9-13-5-3-4-6-15(13)12-18/h13-17H,2-12H2,1H3. The maximum atomic E-state index is 3.55. The first kappa shape index (κ1) is 12.9. The van der Waals surface area contributed by atoms with Crippen LogP contribution in [0.15, 0.2) is 0 Å². The lowest BCUT2D eigenvalue weighted by Gasteiger charge is -2.50. The predicted molar refractivity (Wildman–Crippen MR) is 76.7 cm³/mol. The number of nitrogens with zero attached hydrogens (tertiary/aromatic N) is 1. The minimum Gasteiger partial charge on any atom is -0.317 e. The molecule has 1 saturated heterocycles. The third-order valence-corrected chi connectivity index (χ3v) is 5.83. The molecule has 104 valence electrons. The van der Waals surface area contributed by atoms with Gasteiger partial charge < -0.3 is 5.32 Å². The molecule has 2 nitrogen and oxygen atoms in total. The molecule has 4 atom stereocenters. The van der Waals surface area contributed by atoms with Gasteiger partial charge in [-0.2, -0.15) is 0 Å². The van der Waals surface area contributed by atoms with Gasteiger partial charge in [-0.25, -0.2) is 0 Å². The van der Waals surface area contributed by atoms with Crippen molar-refractivity contribution in [3.05, 3.63) is 0 Å². The molecule has 3 fully saturated rings. The van der Waals surface area contributed by atoms with Gasteiger partial charge in [-0.15, -0.1) is 0 Å². The first-order chi connectivity index (χ1) is 8.88. The van der Waals surface area contributed by atoms with Crippen LogP contribution in [-0.4, -0.2) is 37.1 Å². The number of piperidine rings is 1. The number of fused-ring (bicyclic) bond motifs is 1. The Bertz CT molecular complexity index is 266. The molecule has 0 bridgehead atoms. The van der Waals surface area contributed by atoms with E-state index in [1.165, 1.54) is 64.6 Å². The highest BCUT2D eigenvalue weighted by Gasteiger charge is 2.39. The Balaban J connectivity index is 1.51. The van der Waals surface area contributed by atoms with Gasteiger partial charge in [0.25, 0.3) is 0 Å². The normalized spacial score (nSPS) is 41.2. The number of likely N-dealkylation sites (tertiary alicyclic amines) is 1. The topological polar surface area (TPSA) is 15.3 Å². The summed E-state index contributed by atoms with van der Waals surface area (Å²) in [7, 11) is 0. The fraction of sp³-hybridized carbons (Fsp3) is 1.00. The Labute approximate surface area is 113 Å². The lowest BCUT2D eigenvalue weighted by atomic mass is 9.72. The predicted octanol–water partition coefficient (Wildman–Crippen LogP) is 2.89. The summed E-state index contributed by atoms with van der Waals surface area (Å²) in [5.74, 6) is 3.08. The molecular formula is C16H30N2. The van der Waals surface area contributed by atoms with Crippen molar-refractivity contribution >= 4 is 0 Å². The van der Waals surface area contributed by atoms with Gasteiger partial charge >= 0.3 is 0 Å². The Morgan fingerprint density at radius 2 is 1.83 bits per heavy atom. The zero-order chi connectivity index (χ0) is 12.4. The van der Waals surface area contributed by atoms with Crippen LogP contribution < -0.4 is 5.32 Å². The van der Waals surface area contributed by atoms with Crippen LogP contribution >= 0.6 is 0 Å². The molecule has 0 spiro atoms. The second-order valence-electron chi connectivity index (χ2n) is 6.80. The van der Waals surface area contributed by atoms with Crippen molar-refractivity contribution in [2.24, 2.45) is 17.8 Å². The fourth-order valence-electron chi connectivity index (χ4n) is 4.53. The van der Waals surface area contributed by atoms with E-state index in [0.717, 1.165) is 30.3 Å². The minimum atomic E-state index is 0.923. The summed E-state index contributed by atoms with van der Waals surface area (Å²) in [5.41, 5.74) is 0. The molecule has 2 heteroatoms. The van der Waals surface area contributed by atoms with Gasteiger partial charge in [0.2, 0.25) is 0 Å². The van der Waals surface area contributed by atoms with E-state index in [2.05, 4.69) is 17.1 Å². The molecule has 0 radical (unpaired) electrons. The maximum Gasteiger partial charge on any atom is 0.0136 e. The van der Waals surface area contributed by atoms with E-state index in [1.807, 2.05) is 0 Å². The lowest BCUT2D eigenvalue weighted by molar-refractivity contribution is -0.00235. The summed E-state index contributed by atoms with van der Waals surface area (Å²) in [6, 6.07) is 0.923. The van der Waals surface area contributed by atoms with Crippen LogP contribution in [0.2, 0.25) is 0 Å². The van der Waals surface area contributed by atoms with Crippen molar-refractivity contribution < 1.29 is 0 Å². The zero-order valence-corrected chi connectivity index (χ0v) is 12.0. The molecule has 1 N–H and O–H groups in total. The van der Waals surface area contributed by atoms with E-state index in [1.54, 1.807) is 0 Å². The van der Waals surface area contributed by atoms with Crippen molar-refractivity contribution in [2.45, 2.75) is 57.9 Å². The molecule has 4 unspecified atom stereocenters. The third kappa shape index (κ3) is 2.60.